The highest BCUT2D eigenvalue weighted by Gasteiger charge is 2.38. The summed E-state index contributed by atoms with van der Waals surface area (Å²) in [4.78, 5) is 19.3. The second-order valence-electron chi connectivity index (χ2n) is 6.39. The number of unbranched alkanes of at least 4 members (excludes halogenated alkanes) is 5. The molecule has 0 aliphatic carbocycles. The molecule has 0 saturated carbocycles. The zero-order chi connectivity index (χ0) is 22.1. The minimum absolute atomic E-state index is 0.147. The molecule has 29 heavy (non-hydrogen) atoms. The first-order chi connectivity index (χ1) is 13.7. The van der Waals surface area contributed by atoms with E-state index in [2.05, 4.69) is 12.2 Å². The van der Waals surface area contributed by atoms with Crippen molar-refractivity contribution in [3.05, 3.63) is 29.8 Å². The molecule has 0 atom stereocenters. The van der Waals surface area contributed by atoms with Gasteiger partial charge in [-0.1, -0.05) is 51.2 Å². The minimum Gasteiger partial charge on any atom is -0.494 e. The number of halogens is 3. The molecule has 1 rings (SSSR count). The van der Waals surface area contributed by atoms with Crippen LogP contribution in [0.2, 0.25) is 0 Å². The lowest BCUT2D eigenvalue weighted by molar-refractivity contribution is -0.192. The number of nitrogens with one attached hydrogen (secondary N) is 1. The first-order valence-corrected chi connectivity index (χ1v) is 9.61. The lowest BCUT2D eigenvalue weighted by Gasteiger charge is -2.09. The quantitative estimate of drug-likeness (QED) is 0.402. The molecule has 6 nitrogen and oxygen atoms in total. The fourth-order valence-electron chi connectivity index (χ4n) is 2.25. The first kappa shape index (κ1) is 26.7. The highest BCUT2D eigenvalue weighted by Crippen LogP contribution is 2.14. The number of aliphatic carboxylic acids is 2. The Morgan fingerprint density at radius 1 is 1.07 bits per heavy atom. The summed E-state index contributed by atoms with van der Waals surface area (Å²) in [5.74, 6) is -2.64. The molecule has 9 heteroatoms. The van der Waals surface area contributed by atoms with Crippen molar-refractivity contribution in [1.82, 2.24) is 5.32 Å². The minimum atomic E-state index is -5.08. The number of ether oxygens (including phenoxy) is 1. The van der Waals surface area contributed by atoms with Gasteiger partial charge >= 0.3 is 18.1 Å². The molecule has 0 saturated heterocycles. The monoisotopic (exact) mass is 421 g/mol. The molecule has 0 amide bonds. The van der Waals surface area contributed by atoms with E-state index in [9.17, 15) is 18.0 Å². The first-order valence-electron chi connectivity index (χ1n) is 9.61. The number of carbonyl (C=O) groups is 2. The van der Waals surface area contributed by atoms with Crippen molar-refractivity contribution in [1.29, 1.82) is 0 Å². The number of alkyl halides is 3. The molecule has 166 valence electrons. The van der Waals surface area contributed by atoms with Gasteiger partial charge in [-0.3, -0.25) is 4.79 Å². The third-order valence-electron chi connectivity index (χ3n) is 3.75. The molecule has 0 fully saturated rings. The Hall–Kier alpha value is -2.29. The fourth-order valence-corrected chi connectivity index (χ4v) is 2.25. The number of carboxylic acid groups (broad SMARTS) is 2. The van der Waals surface area contributed by atoms with Gasteiger partial charge in [0.05, 0.1) is 13.0 Å². The van der Waals surface area contributed by atoms with Gasteiger partial charge in [0.25, 0.3) is 0 Å². The maximum Gasteiger partial charge on any atom is 0.490 e. The summed E-state index contributed by atoms with van der Waals surface area (Å²) in [6, 6.07) is 7.98. The Kier molecular flexibility index (Phi) is 14.4. The predicted molar refractivity (Wildman–Crippen MR) is 103 cm³/mol. The van der Waals surface area contributed by atoms with Crippen LogP contribution in [0.3, 0.4) is 0 Å². The van der Waals surface area contributed by atoms with Crippen molar-refractivity contribution >= 4 is 11.9 Å². The second kappa shape index (κ2) is 15.6. The highest BCUT2D eigenvalue weighted by atomic mass is 19.4. The Morgan fingerprint density at radius 2 is 1.69 bits per heavy atom. The summed E-state index contributed by atoms with van der Waals surface area (Å²) in [6.45, 7) is 4.15. The van der Waals surface area contributed by atoms with Gasteiger partial charge in [-0.2, -0.15) is 13.2 Å². The molecule has 0 aliphatic rings. The van der Waals surface area contributed by atoms with E-state index in [0.717, 1.165) is 24.3 Å². The van der Waals surface area contributed by atoms with E-state index < -0.39 is 18.1 Å². The van der Waals surface area contributed by atoms with Crippen LogP contribution in [0.1, 0.15) is 57.4 Å². The molecule has 1 aromatic rings. The maximum atomic E-state index is 10.6. The van der Waals surface area contributed by atoms with E-state index in [1.54, 1.807) is 0 Å². The van der Waals surface area contributed by atoms with Crippen LogP contribution in [0.15, 0.2) is 24.3 Å². The van der Waals surface area contributed by atoms with Gasteiger partial charge in [0.15, 0.2) is 0 Å². The van der Waals surface area contributed by atoms with Crippen LogP contribution in [0, 0.1) is 0 Å². The van der Waals surface area contributed by atoms with Gasteiger partial charge in [0.1, 0.15) is 5.75 Å². The van der Waals surface area contributed by atoms with E-state index in [4.69, 9.17) is 19.7 Å². The van der Waals surface area contributed by atoms with Gasteiger partial charge in [-0.05, 0) is 24.1 Å². The smallest absolute Gasteiger partial charge is 0.490 e. The average molecular weight is 421 g/mol. The van der Waals surface area contributed by atoms with Crippen molar-refractivity contribution in [3.63, 3.8) is 0 Å². The number of benzene rings is 1. The van der Waals surface area contributed by atoms with Gasteiger partial charge < -0.3 is 20.3 Å². The Bertz CT molecular complexity index is 594. The van der Waals surface area contributed by atoms with E-state index in [0.29, 0.717) is 13.1 Å². The van der Waals surface area contributed by atoms with E-state index in [1.165, 1.54) is 32.1 Å². The van der Waals surface area contributed by atoms with Gasteiger partial charge in [-0.25, -0.2) is 4.79 Å². The molecule has 0 unspecified atom stereocenters. The SMILES string of the molecule is CCCCCCCCOc1cccc(CNCCC(=O)O)c1.O=C(O)C(F)(F)F. The van der Waals surface area contributed by atoms with Crippen LogP contribution in [-0.4, -0.2) is 41.5 Å². The van der Waals surface area contributed by atoms with Gasteiger partial charge in [0, 0.05) is 13.1 Å². The van der Waals surface area contributed by atoms with Crippen LogP contribution in [0.5, 0.6) is 5.75 Å². The average Bonchev–Trinajstić information content (AvgIpc) is 2.64. The number of hydrogen-bond donors (Lipinski definition) is 3. The summed E-state index contributed by atoms with van der Waals surface area (Å²) < 4.78 is 37.5. The second-order valence-corrected chi connectivity index (χ2v) is 6.39. The lowest BCUT2D eigenvalue weighted by Crippen LogP contribution is -2.21. The summed E-state index contributed by atoms with van der Waals surface area (Å²) in [5.41, 5.74) is 1.12. The van der Waals surface area contributed by atoms with Crippen LogP contribution in [-0.2, 0) is 16.1 Å². The highest BCUT2D eigenvalue weighted by molar-refractivity contribution is 5.73. The van der Waals surface area contributed by atoms with Gasteiger partial charge in [-0.15, -0.1) is 0 Å². The summed E-state index contributed by atoms with van der Waals surface area (Å²) >= 11 is 0. The van der Waals surface area contributed by atoms with E-state index in [1.807, 2.05) is 24.3 Å². The Morgan fingerprint density at radius 3 is 2.28 bits per heavy atom. The van der Waals surface area contributed by atoms with Crippen LogP contribution in [0.25, 0.3) is 0 Å². The molecule has 0 heterocycles. The van der Waals surface area contributed by atoms with Crippen molar-refractivity contribution in [2.45, 2.75) is 64.6 Å². The van der Waals surface area contributed by atoms with Crippen LogP contribution < -0.4 is 10.1 Å². The molecule has 0 aliphatic heterocycles. The molecule has 1 aromatic carbocycles. The Labute approximate surface area is 169 Å². The largest absolute Gasteiger partial charge is 0.494 e. The van der Waals surface area contributed by atoms with E-state index >= 15 is 0 Å². The molecule has 0 spiro atoms. The molecule has 0 aromatic heterocycles. The topological polar surface area (TPSA) is 95.9 Å². The third-order valence-corrected chi connectivity index (χ3v) is 3.75. The predicted octanol–water partition coefficient (Wildman–Crippen LogP) is 4.62. The van der Waals surface area contributed by atoms with Crippen LogP contribution in [0.4, 0.5) is 13.2 Å². The number of carboxylic acids is 2. The standard InChI is InChI=1S/C18H29NO3.C2HF3O2/c1-2-3-4-5-6-7-13-22-17-10-8-9-16(14-17)15-19-12-11-18(20)21;3-2(4,5)1(6)7/h8-10,14,19H,2-7,11-13,15H2,1H3,(H,20,21);(H,6,7). The van der Waals surface area contributed by atoms with Gasteiger partial charge in [0.2, 0.25) is 0 Å². The fraction of sp³-hybridized carbons (Fsp3) is 0.600. The third kappa shape index (κ3) is 16.4. The van der Waals surface area contributed by atoms with Crippen molar-refractivity contribution in [2.24, 2.45) is 0 Å². The zero-order valence-electron chi connectivity index (χ0n) is 16.6. The molecule has 0 radical (unpaired) electrons. The Balaban J connectivity index is 0.000000956. The van der Waals surface area contributed by atoms with Crippen molar-refractivity contribution in [3.8, 4) is 5.75 Å². The lowest BCUT2D eigenvalue weighted by atomic mass is 10.1. The summed E-state index contributed by atoms with van der Waals surface area (Å²) in [5, 5.41) is 18.8. The zero-order valence-corrected chi connectivity index (χ0v) is 16.6. The molecular formula is C20H30F3NO5. The summed E-state index contributed by atoms with van der Waals surface area (Å²) in [7, 11) is 0. The molecular weight excluding hydrogens is 391 g/mol. The van der Waals surface area contributed by atoms with E-state index in [-0.39, 0.29) is 6.42 Å². The maximum absolute atomic E-state index is 10.6. The number of hydrogen-bond acceptors (Lipinski definition) is 4. The normalized spacial score (nSPS) is 10.8. The molecule has 3 N–H and O–H groups in total. The summed E-state index contributed by atoms with van der Waals surface area (Å²) in [6.07, 6.45) is 2.63. The van der Waals surface area contributed by atoms with Crippen molar-refractivity contribution < 1.29 is 37.7 Å². The van der Waals surface area contributed by atoms with Crippen molar-refractivity contribution in [2.75, 3.05) is 13.2 Å². The van der Waals surface area contributed by atoms with Crippen LogP contribution >= 0.6 is 0 Å². The molecule has 0 bridgehead atoms. The number of rotatable bonds is 13.